The third-order valence-corrected chi connectivity index (χ3v) is 5.23. The summed E-state index contributed by atoms with van der Waals surface area (Å²) in [5.41, 5.74) is 7.66. The van der Waals surface area contributed by atoms with Crippen molar-refractivity contribution in [3.8, 4) is 0 Å². The van der Waals surface area contributed by atoms with Crippen LogP contribution in [0.3, 0.4) is 0 Å². The van der Waals surface area contributed by atoms with Crippen molar-refractivity contribution >= 4 is 15.9 Å². The molecule has 0 fully saturated rings. The van der Waals surface area contributed by atoms with E-state index < -0.39 is 0 Å². The molecule has 0 aliphatic rings. The van der Waals surface area contributed by atoms with E-state index in [1.54, 1.807) is 12.7 Å². The summed E-state index contributed by atoms with van der Waals surface area (Å²) in [4.78, 5) is 14.2. The van der Waals surface area contributed by atoms with Crippen molar-refractivity contribution in [2.24, 2.45) is 0 Å². The average molecular weight is 423 g/mol. The minimum absolute atomic E-state index is 0.890. The summed E-state index contributed by atoms with van der Waals surface area (Å²) in [6, 6.07) is 14.6. The molecule has 27 heavy (non-hydrogen) atoms. The van der Waals surface area contributed by atoms with Crippen molar-refractivity contribution in [1.82, 2.24) is 19.9 Å². The summed E-state index contributed by atoms with van der Waals surface area (Å²) in [7, 11) is 0. The van der Waals surface area contributed by atoms with E-state index >= 15 is 0 Å². The second-order valence-electron chi connectivity index (χ2n) is 6.47. The van der Waals surface area contributed by atoms with Crippen LogP contribution in [0, 0.1) is 13.8 Å². The van der Waals surface area contributed by atoms with Gasteiger partial charge in [0.2, 0.25) is 0 Å². The maximum absolute atomic E-state index is 4.02. The molecular formula is C22H23BrN4. The molecule has 0 bridgehead atoms. The minimum Gasteiger partial charge on any atom is -0.348 e. The Labute approximate surface area is 168 Å². The number of nitrogens with zero attached hydrogens (tertiary/aromatic N) is 2. The van der Waals surface area contributed by atoms with Crippen LogP contribution in [-0.2, 0) is 12.8 Å². The molecule has 0 spiro atoms. The van der Waals surface area contributed by atoms with Crippen molar-refractivity contribution in [3.05, 3.63) is 106 Å². The Bertz CT molecular complexity index is 940. The molecule has 0 saturated heterocycles. The lowest BCUT2D eigenvalue weighted by molar-refractivity contribution is 1.07. The summed E-state index contributed by atoms with van der Waals surface area (Å²) in [6.07, 6.45) is 8.99. The number of H-pyrrole nitrogens is 2. The van der Waals surface area contributed by atoms with Gasteiger partial charge in [-0.15, -0.1) is 0 Å². The van der Waals surface area contributed by atoms with Gasteiger partial charge in [-0.05, 0) is 42.2 Å². The summed E-state index contributed by atoms with van der Waals surface area (Å²) < 4.78 is 1.14. The molecule has 2 aromatic heterocycles. The molecule has 138 valence electrons. The van der Waals surface area contributed by atoms with Gasteiger partial charge in [-0.3, -0.25) is 0 Å². The first kappa shape index (κ1) is 19.1. The quantitative estimate of drug-likeness (QED) is 0.463. The molecule has 0 saturated carbocycles. The fourth-order valence-electron chi connectivity index (χ4n) is 2.93. The van der Waals surface area contributed by atoms with Crippen LogP contribution in [0.25, 0.3) is 0 Å². The second-order valence-corrected chi connectivity index (χ2v) is 7.32. The SMILES string of the molecule is Brc1ccccc1Cc1cnc[nH]1.Cc1cccc(C)c1Cc1cnc[nH]1. The molecule has 4 nitrogen and oxygen atoms in total. The molecule has 2 heterocycles. The van der Waals surface area contributed by atoms with Gasteiger partial charge in [0.25, 0.3) is 0 Å². The van der Waals surface area contributed by atoms with E-state index in [-0.39, 0.29) is 0 Å². The molecular weight excluding hydrogens is 400 g/mol. The van der Waals surface area contributed by atoms with Crippen molar-refractivity contribution in [2.45, 2.75) is 26.7 Å². The molecule has 0 aliphatic carbocycles. The smallest absolute Gasteiger partial charge is 0.0921 e. The Hall–Kier alpha value is -2.66. The van der Waals surface area contributed by atoms with Crippen LogP contribution in [0.2, 0.25) is 0 Å². The van der Waals surface area contributed by atoms with Gasteiger partial charge >= 0.3 is 0 Å². The van der Waals surface area contributed by atoms with Crippen molar-refractivity contribution in [2.75, 3.05) is 0 Å². The average Bonchev–Trinajstić information content (AvgIpc) is 3.35. The lowest BCUT2D eigenvalue weighted by Gasteiger charge is -2.07. The molecule has 0 unspecified atom stereocenters. The highest BCUT2D eigenvalue weighted by molar-refractivity contribution is 9.10. The predicted octanol–water partition coefficient (Wildman–Crippen LogP) is 5.38. The molecule has 2 N–H and O–H groups in total. The van der Waals surface area contributed by atoms with Crippen molar-refractivity contribution < 1.29 is 0 Å². The number of hydrogen-bond donors (Lipinski definition) is 2. The minimum atomic E-state index is 0.890. The van der Waals surface area contributed by atoms with E-state index in [4.69, 9.17) is 0 Å². The summed E-state index contributed by atoms with van der Waals surface area (Å²) in [5, 5.41) is 0. The van der Waals surface area contributed by atoms with Crippen LogP contribution < -0.4 is 0 Å². The largest absolute Gasteiger partial charge is 0.348 e. The molecule has 2 aromatic carbocycles. The third-order valence-electron chi connectivity index (χ3n) is 4.46. The van der Waals surface area contributed by atoms with Crippen LogP contribution >= 0.6 is 15.9 Å². The number of aryl methyl sites for hydroxylation is 2. The Balaban J connectivity index is 0.000000156. The zero-order valence-electron chi connectivity index (χ0n) is 15.5. The Morgan fingerprint density at radius 1 is 0.778 bits per heavy atom. The van der Waals surface area contributed by atoms with Crippen LogP contribution in [0.15, 0.2) is 72.0 Å². The van der Waals surface area contributed by atoms with E-state index in [0.717, 1.165) is 23.0 Å². The van der Waals surface area contributed by atoms with E-state index in [1.165, 1.54) is 27.9 Å². The van der Waals surface area contributed by atoms with Crippen LogP contribution in [-0.4, -0.2) is 19.9 Å². The zero-order valence-corrected chi connectivity index (χ0v) is 17.1. The molecule has 0 atom stereocenters. The fraction of sp³-hybridized carbons (Fsp3) is 0.182. The first-order valence-corrected chi connectivity index (χ1v) is 9.66. The maximum atomic E-state index is 4.02. The van der Waals surface area contributed by atoms with Crippen LogP contribution in [0.5, 0.6) is 0 Å². The normalized spacial score (nSPS) is 10.3. The number of rotatable bonds is 4. The highest BCUT2D eigenvalue weighted by Crippen LogP contribution is 2.18. The maximum Gasteiger partial charge on any atom is 0.0921 e. The molecule has 0 aliphatic heterocycles. The lowest BCUT2D eigenvalue weighted by atomic mass is 9.99. The van der Waals surface area contributed by atoms with Gasteiger partial charge in [0.1, 0.15) is 0 Å². The highest BCUT2D eigenvalue weighted by Gasteiger charge is 2.03. The van der Waals surface area contributed by atoms with Crippen molar-refractivity contribution in [3.63, 3.8) is 0 Å². The first-order valence-electron chi connectivity index (χ1n) is 8.86. The van der Waals surface area contributed by atoms with Crippen LogP contribution in [0.4, 0.5) is 0 Å². The van der Waals surface area contributed by atoms with Crippen LogP contribution in [0.1, 0.15) is 33.6 Å². The summed E-state index contributed by atoms with van der Waals surface area (Å²) in [5.74, 6) is 0. The highest BCUT2D eigenvalue weighted by atomic mass is 79.9. The summed E-state index contributed by atoms with van der Waals surface area (Å²) >= 11 is 3.51. The van der Waals surface area contributed by atoms with Gasteiger partial charge in [0, 0.05) is 41.1 Å². The van der Waals surface area contributed by atoms with Gasteiger partial charge in [0.05, 0.1) is 12.7 Å². The Kier molecular flexibility index (Phi) is 6.60. The monoisotopic (exact) mass is 422 g/mol. The van der Waals surface area contributed by atoms with Gasteiger partial charge < -0.3 is 9.97 Å². The number of benzene rings is 2. The van der Waals surface area contributed by atoms with Crippen molar-refractivity contribution in [1.29, 1.82) is 0 Å². The third kappa shape index (κ3) is 5.41. The number of aromatic amines is 2. The number of halogens is 1. The number of aromatic nitrogens is 4. The lowest BCUT2D eigenvalue weighted by Crippen LogP contribution is -1.95. The van der Waals surface area contributed by atoms with Gasteiger partial charge in [-0.25, -0.2) is 9.97 Å². The fourth-order valence-corrected chi connectivity index (χ4v) is 3.35. The van der Waals surface area contributed by atoms with E-state index in [0.29, 0.717) is 0 Å². The molecule has 5 heteroatoms. The number of nitrogens with one attached hydrogen (secondary N) is 2. The Morgan fingerprint density at radius 3 is 1.93 bits per heavy atom. The number of hydrogen-bond acceptors (Lipinski definition) is 2. The van der Waals surface area contributed by atoms with E-state index in [1.807, 2.05) is 30.6 Å². The van der Waals surface area contributed by atoms with E-state index in [2.05, 4.69) is 74.0 Å². The summed E-state index contributed by atoms with van der Waals surface area (Å²) in [6.45, 7) is 4.30. The standard InChI is InChI=1S/C12H14N2.C10H9BrN2/c1-9-4-3-5-10(2)12(9)6-11-7-13-8-14-11;11-10-4-2-1-3-8(10)5-9-6-12-7-13-9/h3-5,7-8H,6H2,1-2H3,(H,13,14);1-4,6-7H,5H2,(H,12,13). The predicted molar refractivity (Wildman–Crippen MR) is 113 cm³/mol. The van der Waals surface area contributed by atoms with E-state index in [9.17, 15) is 0 Å². The topological polar surface area (TPSA) is 57.4 Å². The van der Waals surface area contributed by atoms with Gasteiger partial charge in [-0.2, -0.15) is 0 Å². The molecule has 4 rings (SSSR count). The molecule has 0 amide bonds. The molecule has 4 aromatic rings. The Morgan fingerprint density at radius 2 is 1.37 bits per heavy atom. The zero-order chi connectivity index (χ0) is 19.1. The molecule has 0 radical (unpaired) electrons. The second kappa shape index (κ2) is 9.33. The van der Waals surface area contributed by atoms with Gasteiger partial charge in [-0.1, -0.05) is 52.3 Å². The number of imidazole rings is 2. The van der Waals surface area contributed by atoms with Gasteiger partial charge in [0.15, 0.2) is 0 Å². The first-order chi connectivity index (χ1) is 13.1.